The standard InChI is InChI=1S/C34H36N4O6S/c1-41-25-14-12-24(13-15-25)38-34-31(32(36-38)22-8-5-4-6-9-22)33(23-11-16-27(42-2)28(18-23)43-3)45-21-30(40)37(34)20-29(39)35-19-26-10-7-17-44-26/h4-6,8-9,11-16,18,26,33H,7,10,17,19-21H2,1-3H3,(H,35,39)/t26-,33+/m0/s1. The quantitative estimate of drug-likeness (QED) is 0.261. The Bertz CT molecular complexity index is 1650. The van der Waals surface area contributed by atoms with E-state index in [-0.39, 0.29) is 35.5 Å². The number of thioether (sulfide) groups is 1. The number of nitrogens with one attached hydrogen (secondary N) is 1. The van der Waals surface area contributed by atoms with E-state index in [1.165, 1.54) is 11.8 Å². The summed E-state index contributed by atoms with van der Waals surface area (Å²) in [7, 11) is 4.82. The van der Waals surface area contributed by atoms with Gasteiger partial charge in [-0.1, -0.05) is 36.4 Å². The lowest BCUT2D eigenvalue weighted by Gasteiger charge is -2.24. The first-order valence-electron chi connectivity index (χ1n) is 14.9. The highest BCUT2D eigenvalue weighted by atomic mass is 32.2. The Morgan fingerprint density at radius 3 is 2.47 bits per heavy atom. The third-order valence-electron chi connectivity index (χ3n) is 8.02. The molecule has 4 aromatic rings. The van der Waals surface area contributed by atoms with Gasteiger partial charge in [-0.25, -0.2) is 4.68 Å². The zero-order valence-corrected chi connectivity index (χ0v) is 26.3. The number of carbonyl (C=O) groups is 2. The number of methoxy groups -OCH3 is 3. The number of ether oxygens (including phenoxy) is 4. The first-order chi connectivity index (χ1) is 22.0. The first kappa shape index (κ1) is 30.5. The molecule has 0 bridgehead atoms. The Hall–Kier alpha value is -4.48. The van der Waals surface area contributed by atoms with Crippen molar-refractivity contribution in [2.45, 2.75) is 24.2 Å². The van der Waals surface area contributed by atoms with Gasteiger partial charge < -0.3 is 24.3 Å². The molecule has 10 nitrogen and oxygen atoms in total. The van der Waals surface area contributed by atoms with Gasteiger partial charge in [0, 0.05) is 24.3 Å². The molecule has 1 N–H and O–H groups in total. The fourth-order valence-electron chi connectivity index (χ4n) is 5.74. The molecule has 0 spiro atoms. The molecule has 0 aliphatic carbocycles. The predicted octanol–water partition coefficient (Wildman–Crippen LogP) is 5.03. The Labute approximate surface area is 266 Å². The normalized spacial score (nSPS) is 17.8. The Balaban J connectivity index is 1.53. The maximum atomic E-state index is 14.0. The molecule has 2 atom stereocenters. The molecule has 6 rings (SSSR count). The summed E-state index contributed by atoms with van der Waals surface area (Å²) < 4.78 is 24.0. The second kappa shape index (κ2) is 13.7. The van der Waals surface area contributed by atoms with Crippen molar-refractivity contribution < 1.29 is 28.5 Å². The summed E-state index contributed by atoms with van der Waals surface area (Å²) in [6.07, 6.45) is 1.87. The second-order valence-electron chi connectivity index (χ2n) is 10.8. The van der Waals surface area contributed by atoms with Crippen LogP contribution in [0, 0.1) is 0 Å². The molecule has 3 aromatic carbocycles. The van der Waals surface area contributed by atoms with Crippen molar-refractivity contribution >= 4 is 29.4 Å². The lowest BCUT2D eigenvalue weighted by Crippen LogP contribution is -2.44. The molecule has 234 valence electrons. The number of carbonyl (C=O) groups excluding carboxylic acids is 2. The molecule has 1 aromatic heterocycles. The van der Waals surface area contributed by atoms with E-state index in [2.05, 4.69) is 5.32 Å². The molecular formula is C34H36N4O6S. The molecule has 2 aliphatic rings. The number of fused-ring (bicyclic) bond motifs is 1. The van der Waals surface area contributed by atoms with Gasteiger partial charge in [0.05, 0.1) is 49.8 Å². The van der Waals surface area contributed by atoms with Crippen molar-refractivity contribution in [3.8, 4) is 34.2 Å². The number of hydrogen-bond donors (Lipinski definition) is 1. The minimum Gasteiger partial charge on any atom is -0.497 e. The van der Waals surface area contributed by atoms with Crippen LogP contribution in [0.4, 0.5) is 5.82 Å². The number of hydrogen-bond acceptors (Lipinski definition) is 8. The SMILES string of the molecule is COc1ccc(-n2nc(-c3ccccc3)c3c2N(CC(=O)NC[C@@H]2CCCO2)C(=O)CS[C@@H]3c2ccc(OC)c(OC)c2)cc1. The van der Waals surface area contributed by atoms with E-state index >= 15 is 0 Å². The molecule has 3 heterocycles. The van der Waals surface area contributed by atoms with Crippen molar-refractivity contribution in [3.63, 3.8) is 0 Å². The predicted molar refractivity (Wildman–Crippen MR) is 174 cm³/mol. The largest absolute Gasteiger partial charge is 0.497 e. The summed E-state index contributed by atoms with van der Waals surface area (Å²) in [5.74, 6) is 2.14. The monoisotopic (exact) mass is 628 g/mol. The Morgan fingerprint density at radius 1 is 1.00 bits per heavy atom. The van der Waals surface area contributed by atoms with E-state index in [4.69, 9.17) is 24.0 Å². The van der Waals surface area contributed by atoms with Gasteiger partial charge in [-0.15, -0.1) is 11.8 Å². The highest BCUT2D eigenvalue weighted by molar-refractivity contribution is 8.00. The third-order valence-corrected chi connectivity index (χ3v) is 9.27. The zero-order valence-electron chi connectivity index (χ0n) is 25.5. The van der Waals surface area contributed by atoms with Crippen LogP contribution in [0.5, 0.6) is 17.2 Å². The Kier molecular flexibility index (Phi) is 9.27. The van der Waals surface area contributed by atoms with Crippen LogP contribution in [0.2, 0.25) is 0 Å². The molecule has 1 saturated heterocycles. The van der Waals surface area contributed by atoms with E-state index in [0.717, 1.165) is 35.2 Å². The maximum absolute atomic E-state index is 14.0. The van der Waals surface area contributed by atoms with Crippen LogP contribution in [-0.2, 0) is 14.3 Å². The van der Waals surface area contributed by atoms with Crippen LogP contribution in [0.15, 0.2) is 72.8 Å². The second-order valence-corrected chi connectivity index (χ2v) is 11.9. The van der Waals surface area contributed by atoms with E-state index in [1.54, 1.807) is 30.9 Å². The molecule has 0 unspecified atom stereocenters. The minimum absolute atomic E-state index is 0.0103. The molecule has 1 fully saturated rings. The summed E-state index contributed by atoms with van der Waals surface area (Å²) in [4.78, 5) is 29.0. The summed E-state index contributed by atoms with van der Waals surface area (Å²) in [6.45, 7) is 0.949. The highest BCUT2D eigenvalue weighted by Gasteiger charge is 2.38. The molecule has 0 saturated carbocycles. The summed E-state index contributed by atoms with van der Waals surface area (Å²) in [5.41, 5.74) is 4.08. The van der Waals surface area contributed by atoms with E-state index in [9.17, 15) is 9.59 Å². The molecule has 2 amide bonds. The van der Waals surface area contributed by atoms with Gasteiger partial charge in [-0.3, -0.25) is 14.5 Å². The van der Waals surface area contributed by atoms with Gasteiger partial charge in [0.2, 0.25) is 11.8 Å². The molecule has 45 heavy (non-hydrogen) atoms. The highest BCUT2D eigenvalue weighted by Crippen LogP contribution is 2.49. The van der Waals surface area contributed by atoms with Crippen molar-refractivity contribution in [2.24, 2.45) is 0 Å². The van der Waals surface area contributed by atoms with Gasteiger partial charge in [0.25, 0.3) is 0 Å². The average Bonchev–Trinajstić information content (AvgIpc) is 3.72. The number of anilines is 1. The first-order valence-corrected chi connectivity index (χ1v) is 15.9. The van der Waals surface area contributed by atoms with Crippen molar-refractivity contribution in [1.29, 1.82) is 0 Å². The number of nitrogens with zero attached hydrogens (tertiary/aromatic N) is 3. The van der Waals surface area contributed by atoms with Gasteiger partial charge in [0.15, 0.2) is 11.5 Å². The van der Waals surface area contributed by atoms with Gasteiger partial charge >= 0.3 is 0 Å². The van der Waals surface area contributed by atoms with Crippen molar-refractivity contribution in [1.82, 2.24) is 15.1 Å². The Morgan fingerprint density at radius 2 is 1.78 bits per heavy atom. The van der Waals surface area contributed by atoms with Crippen LogP contribution in [0.25, 0.3) is 16.9 Å². The van der Waals surface area contributed by atoms with Crippen LogP contribution in [0.3, 0.4) is 0 Å². The molecule has 0 radical (unpaired) electrons. The van der Waals surface area contributed by atoms with Crippen LogP contribution in [-0.4, -0.2) is 74.5 Å². The topological polar surface area (TPSA) is 104 Å². The van der Waals surface area contributed by atoms with E-state index < -0.39 is 0 Å². The lowest BCUT2D eigenvalue weighted by molar-refractivity contribution is -0.123. The minimum atomic E-state index is -0.314. The van der Waals surface area contributed by atoms with E-state index in [0.29, 0.717) is 41.9 Å². The fourth-order valence-corrected chi connectivity index (χ4v) is 6.93. The van der Waals surface area contributed by atoms with Crippen LogP contribution in [0.1, 0.15) is 29.2 Å². The van der Waals surface area contributed by atoms with Crippen molar-refractivity contribution in [2.75, 3.05) is 51.7 Å². The fraction of sp³-hybridized carbons (Fsp3) is 0.324. The summed E-state index contributed by atoms with van der Waals surface area (Å²) >= 11 is 1.50. The number of rotatable bonds is 10. The third kappa shape index (κ3) is 6.36. The van der Waals surface area contributed by atoms with E-state index in [1.807, 2.05) is 72.8 Å². The van der Waals surface area contributed by atoms with Crippen molar-refractivity contribution in [3.05, 3.63) is 83.9 Å². The lowest BCUT2D eigenvalue weighted by atomic mass is 9.99. The van der Waals surface area contributed by atoms with Crippen LogP contribution < -0.4 is 24.4 Å². The van der Waals surface area contributed by atoms with Gasteiger partial charge in [0.1, 0.15) is 18.1 Å². The summed E-state index contributed by atoms with van der Waals surface area (Å²) in [6, 6.07) is 23.2. The van der Waals surface area contributed by atoms with Gasteiger partial charge in [-0.2, -0.15) is 5.10 Å². The zero-order chi connectivity index (χ0) is 31.3. The molecule has 2 aliphatic heterocycles. The van der Waals surface area contributed by atoms with Crippen LogP contribution >= 0.6 is 11.8 Å². The number of amides is 2. The summed E-state index contributed by atoms with van der Waals surface area (Å²) in [5, 5.41) is 7.82. The van der Waals surface area contributed by atoms with Gasteiger partial charge in [-0.05, 0) is 54.8 Å². The number of benzene rings is 3. The number of aromatic nitrogens is 2. The maximum Gasteiger partial charge on any atom is 0.240 e. The molecular weight excluding hydrogens is 592 g/mol. The smallest absolute Gasteiger partial charge is 0.240 e. The molecule has 11 heteroatoms. The average molecular weight is 629 g/mol.